The summed E-state index contributed by atoms with van der Waals surface area (Å²) >= 11 is 1.82. The summed E-state index contributed by atoms with van der Waals surface area (Å²) < 4.78 is 57.8. The molecule has 0 unspecified atom stereocenters. The summed E-state index contributed by atoms with van der Waals surface area (Å²) in [5.41, 5.74) is 3.15. The zero-order valence-electron chi connectivity index (χ0n) is 20.7. The first-order chi connectivity index (χ1) is 18.3. The van der Waals surface area contributed by atoms with E-state index in [9.17, 15) is 17.6 Å². The average Bonchev–Trinajstić information content (AvgIpc) is 2.89. The molecule has 0 spiro atoms. The number of carbonyl (C=O) groups excluding carboxylic acids is 1. The third-order valence-corrected chi connectivity index (χ3v) is 8.50. The Kier molecular flexibility index (Phi) is 8.74. The number of nitrogens with zero attached hydrogens (tertiary/aromatic N) is 2. The minimum atomic E-state index is -4.27. The lowest BCUT2D eigenvalue weighted by Gasteiger charge is -2.25. The highest BCUT2D eigenvalue weighted by molar-refractivity contribution is 8.00. The second kappa shape index (κ2) is 12.2. The predicted octanol–water partition coefficient (Wildman–Crippen LogP) is 3.68. The van der Waals surface area contributed by atoms with Gasteiger partial charge in [0.15, 0.2) is 11.5 Å². The van der Waals surface area contributed by atoms with E-state index in [1.807, 2.05) is 23.9 Å². The molecular weight excluding hydrogens is 533 g/mol. The fourth-order valence-corrected chi connectivity index (χ4v) is 5.52. The van der Waals surface area contributed by atoms with Crippen molar-refractivity contribution in [3.05, 3.63) is 78.1 Å². The Hall–Kier alpha value is -3.77. The van der Waals surface area contributed by atoms with Crippen molar-refractivity contribution in [2.24, 2.45) is 5.10 Å². The molecule has 0 aliphatic carbocycles. The number of anilines is 1. The average molecular weight is 560 g/mol. The number of methoxy groups -OCH3 is 2. The molecule has 1 N–H and O–H groups in total. The molecule has 1 amide bonds. The van der Waals surface area contributed by atoms with Gasteiger partial charge in [-0.1, -0.05) is 12.1 Å². The number of rotatable bonds is 11. The molecule has 1 saturated heterocycles. The van der Waals surface area contributed by atoms with E-state index in [0.717, 1.165) is 27.9 Å². The number of hydrogen-bond donors (Lipinski definition) is 1. The van der Waals surface area contributed by atoms with Crippen molar-refractivity contribution in [3.8, 4) is 17.2 Å². The van der Waals surface area contributed by atoms with E-state index in [1.54, 1.807) is 12.1 Å². The third kappa shape index (κ3) is 6.56. The molecule has 38 heavy (non-hydrogen) atoms. The molecule has 4 rings (SSSR count). The lowest BCUT2D eigenvalue weighted by atomic mass is 10.2. The zero-order valence-corrected chi connectivity index (χ0v) is 22.3. The molecule has 9 nitrogen and oxygen atoms in total. The molecule has 3 aromatic rings. The second-order valence-corrected chi connectivity index (χ2v) is 11.1. The van der Waals surface area contributed by atoms with E-state index in [2.05, 4.69) is 10.5 Å². The molecular formula is C26H26FN3O6S2. The largest absolute Gasteiger partial charge is 0.493 e. The van der Waals surface area contributed by atoms with Gasteiger partial charge in [-0.05, 0) is 54.1 Å². The predicted molar refractivity (Wildman–Crippen MR) is 144 cm³/mol. The Morgan fingerprint density at radius 2 is 1.82 bits per heavy atom. The molecule has 0 radical (unpaired) electrons. The Morgan fingerprint density at radius 1 is 1.08 bits per heavy atom. The highest BCUT2D eigenvalue weighted by atomic mass is 32.2. The number of carbonyl (C=O) groups is 1. The van der Waals surface area contributed by atoms with Gasteiger partial charge in [0, 0.05) is 17.6 Å². The van der Waals surface area contributed by atoms with Crippen LogP contribution in [0.15, 0.2) is 76.7 Å². The van der Waals surface area contributed by atoms with Crippen LogP contribution in [0.1, 0.15) is 5.56 Å². The first-order valence-corrected chi connectivity index (χ1v) is 14.1. The molecule has 200 valence electrons. The van der Waals surface area contributed by atoms with Crippen LogP contribution in [0.5, 0.6) is 17.2 Å². The van der Waals surface area contributed by atoms with Gasteiger partial charge in [0.2, 0.25) is 0 Å². The number of hydrazone groups is 1. The zero-order chi connectivity index (χ0) is 27.1. The molecule has 0 saturated carbocycles. The van der Waals surface area contributed by atoms with Crippen LogP contribution in [0, 0.1) is 5.82 Å². The van der Waals surface area contributed by atoms with Crippen molar-refractivity contribution in [3.63, 3.8) is 0 Å². The van der Waals surface area contributed by atoms with Gasteiger partial charge in [-0.15, -0.1) is 0 Å². The Balaban J connectivity index is 1.52. The number of nitrogens with one attached hydrogen (secondary N) is 1. The van der Waals surface area contributed by atoms with E-state index in [1.165, 1.54) is 50.8 Å². The smallest absolute Gasteiger partial charge is 0.264 e. The van der Waals surface area contributed by atoms with E-state index >= 15 is 0 Å². The van der Waals surface area contributed by atoms with Crippen LogP contribution in [-0.2, 0) is 14.8 Å². The fraction of sp³-hybridized carbons (Fsp3) is 0.231. The normalized spacial score (nSPS) is 13.6. The molecule has 12 heteroatoms. The van der Waals surface area contributed by atoms with Gasteiger partial charge in [0.25, 0.3) is 15.9 Å². The summed E-state index contributed by atoms with van der Waals surface area (Å²) in [4.78, 5) is 12.6. The lowest BCUT2D eigenvalue weighted by molar-refractivity contribution is -0.119. The maximum absolute atomic E-state index is 13.6. The summed E-state index contributed by atoms with van der Waals surface area (Å²) in [7, 11) is -1.46. The van der Waals surface area contributed by atoms with Crippen molar-refractivity contribution >= 4 is 39.6 Å². The summed E-state index contributed by atoms with van der Waals surface area (Å²) in [6.07, 6.45) is 1.63. The minimum absolute atomic E-state index is 0.0966. The van der Waals surface area contributed by atoms with Crippen molar-refractivity contribution in [1.29, 1.82) is 0 Å². The SMILES string of the molecule is COc1ccc(S(=O)(=O)N(CC(=O)NN=Cc2cccc(OC3CSC3)c2)c2ccc(F)cc2)cc1OC. The van der Waals surface area contributed by atoms with Gasteiger partial charge >= 0.3 is 0 Å². The molecule has 1 fully saturated rings. The fourth-order valence-electron chi connectivity index (χ4n) is 3.51. The van der Waals surface area contributed by atoms with E-state index in [-0.39, 0.29) is 22.4 Å². The van der Waals surface area contributed by atoms with Gasteiger partial charge in [0.1, 0.15) is 24.2 Å². The van der Waals surface area contributed by atoms with Crippen LogP contribution >= 0.6 is 11.8 Å². The number of amides is 1. The number of sulfonamides is 1. The van der Waals surface area contributed by atoms with Gasteiger partial charge in [-0.3, -0.25) is 9.10 Å². The van der Waals surface area contributed by atoms with Gasteiger partial charge in [-0.25, -0.2) is 18.2 Å². The molecule has 1 aliphatic rings. The summed E-state index contributed by atoms with van der Waals surface area (Å²) in [5, 5.41) is 3.96. The van der Waals surface area contributed by atoms with Gasteiger partial charge < -0.3 is 14.2 Å². The quantitative estimate of drug-likeness (QED) is 0.282. The molecule has 0 aromatic heterocycles. The van der Waals surface area contributed by atoms with Crippen LogP contribution < -0.4 is 23.9 Å². The number of halogens is 1. The van der Waals surface area contributed by atoms with Crippen LogP contribution in [0.4, 0.5) is 10.1 Å². The van der Waals surface area contributed by atoms with E-state index < -0.39 is 28.3 Å². The first kappa shape index (κ1) is 27.3. The second-order valence-electron chi connectivity index (χ2n) is 8.15. The summed E-state index contributed by atoms with van der Waals surface area (Å²) in [5.74, 6) is 1.89. The van der Waals surface area contributed by atoms with Crippen molar-refractivity contribution < 1.29 is 31.8 Å². The Morgan fingerprint density at radius 3 is 2.47 bits per heavy atom. The number of benzene rings is 3. The monoisotopic (exact) mass is 559 g/mol. The number of thioether (sulfide) groups is 1. The maximum atomic E-state index is 13.6. The van der Waals surface area contributed by atoms with E-state index in [0.29, 0.717) is 17.1 Å². The molecule has 0 bridgehead atoms. The number of hydrogen-bond acceptors (Lipinski definition) is 8. The Bertz CT molecular complexity index is 1410. The van der Waals surface area contributed by atoms with Gasteiger partial charge in [-0.2, -0.15) is 16.9 Å². The van der Waals surface area contributed by atoms with Crippen molar-refractivity contribution in [2.45, 2.75) is 11.0 Å². The van der Waals surface area contributed by atoms with Crippen LogP contribution in [0.25, 0.3) is 0 Å². The summed E-state index contributed by atoms with van der Waals surface area (Å²) in [6, 6.07) is 16.1. The highest BCUT2D eigenvalue weighted by Gasteiger charge is 2.28. The molecule has 3 aromatic carbocycles. The Labute approximate surface area is 224 Å². The van der Waals surface area contributed by atoms with Crippen molar-refractivity contribution in [2.75, 3.05) is 36.6 Å². The lowest BCUT2D eigenvalue weighted by Crippen LogP contribution is -2.39. The number of ether oxygens (including phenoxy) is 3. The van der Waals surface area contributed by atoms with Crippen LogP contribution in [-0.4, -0.2) is 58.9 Å². The molecule has 1 aliphatic heterocycles. The van der Waals surface area contributed by atoms with E-state index in [4.69, 9.17) is 14.2 Å². The van der Waals surface area contributed by atoms with Gasteiger partial charge in [0.05, 0.1) is 31.0 Å². The topological polar surface area (TPSA) is 107 Å². The first-order valence-electron chi connectivity index (χ1n) is 11.5. The van der Waals surface area contributed by atoms with Crippen molar-refractivity contribution in [1.82, 2.24) is 5.43 Å². The third-order valence-electron chi connectivity index (χ3n) is 5.52. The summed E-state index contributed by atoms with van der Waals surface area (Å²) in [6.45, 7) is -0.609. The minimum Gasteiger partial charge on any atom is -0.493 e. The van der Waals surface area contributed by atoms with Crippen LogP contribution in [0.2, 0.25) is 0 Å². The highest BCUT2D eigenvalue weighted by Crippen LogP contribution is 2.32. The molecule has 1 heterocycles. The maximum Gasteiger partial charge on any atom is 0.264 e. The standard InChI is InChI=1S/C26H26FN3O6S2/c1-34-24-11-10-23(13-25(24)35-2)38(32,33)30(20-8-6-19(27)7-9-20)15-26(31)29-28-14-18-4-3-5-21(12-18)36-22-16-37-17-22/h3-14,22H,15-17H2,1-2H3,(H,29,31). The van der Waals surface area contributed by atoms with Crippen LogP contribution in [0.3, 0.4) is 0 Å². The molecule has 0 atom stereocenters.